The van der Waals surface area contributed by atoms with Crippen LogP contribution in [-0.4, -0.2) is 34.1 Å². The van der Waals surface area contributed by atoms with E-state index in [4.69, 9.17) is 0 Å². The average Bonchev–Trinajstić information content (AvgIpc) is 2.63. The van der Waals surface area contributed by atoms with E-state index in [1.165, 1.54) is 5.56 Å². The molecule has 0 radical (unpaired) electrons. The van der Waals surface area contributed by atoms with Crippen LogP contribution >= 0.6 is 0 Å². The smallest absolute Gasteiger partial charge is 0.274 e. The fourth-order valence-corrected chi connectivity index (χ4v) is 2.98. The van der Waals surface area contributed by atoms with E-state index in [0.29, 0.717) is 17.4 Å². The summed E-state index contributed by atoms with van der Waals surface area (Å²) in [5.41, 5.74) is 2.67. The predicted octanol–water partition coefficient (Wildman–Crippen LogP) is 3.65. The minimum absolute atomic E-state index is 0.0186. The summed E-state index contributed by atoms with van der Waals surface area (Å²) >= 11 is 0. The summed E-state index contributed by atoms with van der Waals surface area (Å²) in [5.74, 6) is 1.33. The van der Waals surface area contributed by atoms with Gasteiger partial charge in [0, 0.05) is 18.8 Å². The molecule has 5 nitrogen and oxygen atoms in total. The lowest BCUT2D eigenvalue weighted by Crippen LogP contribution is -2.38. The molecule has 24 heavy (non-hydrogen) atoms. The Balaban J connectivity index is 1.68. The fourth-order valence-electron chi connectivity index (χ4n) is 2.98. The lowest BCUT2D eigenvalue weighted by atomic mass is 9.99. The molecule has 1 amide bonds. The number of anilines is 2. The SMILES string of the molecule is CCc1ccccc1Nc1ccc(C(=O)N2CCC(C)CC2)nn1. The summed E-state index contributed by atoms with van der Waals surface area (Å²) in [6.45, 7) is 5.97. The molecule has 0 unspecified atom stereocenters. The van der Waals surface area contributed by atoms with Gasteiger partial charge in [0.25, 0.3) is 5.91 Å². The Bertz CT molecular complexity index is 691. The monoisotopic (exact) mass is 324 g/mol. The number of benzene rings is 1. The van der Waals surface area contributed by atoms with Crippen LogP contribution in [0.1, 0.15) is 42.7 Å². The van der Waals surface area contributed by atoms with Crippen molar-refractivity contribution in [2.24, 2.45) is 5.92 Å². The molecule has 5 heteroatoms. The second-order valence-corrected chi connectivity index (χ2v) is 6.41. The molecule has 1 saturated heterocycles. The van der Waals surface area contributed by atoms with Crippen LogP contribution in [0.25, 0.3) is 0 Å². The zero-order chi connectivity index (χ0) is 16.9. The fraction of sp³-hybridized carbons (Fsp3) is 0.421. The first-order valence-electron chi connectivity index (χ1n) is 8.65. The van der Waals surface area contributed by atoms with Crippen molar-refractivity contribution in [3.8, 4) is 0 Å². The molecule has 1 aliphatic heterocycles. The maximum atomic E-state index is 12.5. The highest BCUT2D eigenvalue weighted by Crippen LogP contribution is 2.20. The zero-order valence-corrected chi connectivity index (χ0v) is 14.3. The maximum absolute atomic E-state index is 12.5. The number of para-hydroxylation sites is 1. The van der Waals surface area contributed by atoms with E-state index in [-0.39, 0.29) is 5.91 Å². The molecule has 1 N–H and O–H groups in total. The minimum atomic E-state index is -0.0186. The zero-order valence-electron chi connectivity index (χ0n) is 14.3. The van der Waals surface area contributed by atoms with Crippen LogP contribution in [0.4, 0.5) is 11.5 Å². The first-order chi connectivity index (χ1) is 11.7. The van der Waals surface area contributed by atoms with Crippen LogP contribution in [-0.2, 0) is 6.42 Å². The van der Waals surface area contributed by atoms with Gasteiger partial charge in [0.2, 0.25) is 0 Å². The summed E-state index contributed by atoms with van der Waals surface area (Å²) < 4.78 is 0. The largest absolute Gasteiger partial charge is 0.339 e. The van der Waals surface area contributed by atoms with E-state index < -0.39 is 0 Å². The Morgan fingerprint density at radius 1 is 1.17 bits per heavy atom. The topological polar surface area (TPSA) is 58.1 Å². The molecule has 1 fully saturated rings. The summed E-state index contributed by atoms with van der Waals surface area (Å²) in [7, 11) is 0. The molecule has 2 heterocycles. The number of rotatable bonds is 4. The third-order valence-electron chi connectivity index (χ3n) is 4.62. The number of piperidine rings is 1. The molecule has 1 aromatic carbocycles. The van der Waals surface area contributed by atoms with Gasteiger partial charge in [0.05, 0.1) is 0 Å². The van der Waals surface area contributed by atoms with E-state index in [1.807, 2.05) is 29.2 Å². The number of amides is 1. The van der Waals surface area contributed by atoms with Gasteiger partial charge in [0.15, 0.2) is 11.5 Å². The number of carbonyl (C=O) groups excluding carboxylic acids is 1. The molecule has 0 bridgehead atoms. The summed E-state index contributed by atoms with van der Waals surface area (Å²) in [6, 6.07) is 11.7. The molecule has 0 aliphatic carbocycles. The quantitative estimate of drug-likeness (QED) is 0.932. The van der Waals surface area contributed by atoms with Gasteiger partial charge in [-0.15, -0.1) is 10.2 Å². The van der Waals surface area contributed by atoms with Gasteiger partial charge in [-0.2, -0.15) is 0 Å². The number of hydrogen-bond acceptors (Lipinski definition) is 4. The minimum Gasteiger partial charge on any atom is -0.339 e. The number of likely N-dealkylation sites (tertiary alicyclic amines) is 1. The van der Waals surface area contributed by atoms with Gasteiger partial charge in [-0.3, -0.25) is 4.79 Å². The highest BCUT2D eigenvalue weighted by molar-refractivity contribution is 5.92. The molecule has 2 aromatic rings. The van der Waals surface area contributed by atoms with Gasteiger partial charge >= 0.3 is 0 Å². The van der Waals surface area contributed by atoms with Gasteiger partial charge in [-0.1, -0.05) is 32.0 Å². The number of aromatic nitrogens is 2. The number of nitrogens with one attached hydrogen (secondary N) is 1. The summed E-state index contributed by atoms with van der Waals surface area (Å²) in [5, 5.41) is 11.6. The molecular weight excluding hydrogens is 300 g/mol. The maximum Gasteiger partial charge on any atom is 0.274 e. The summed E-state index contributed by atoms with van der Waals surface area (Å²) in [4.78, 5) is 14.4. The molecule has 0 spiro atoms. The lowest BCUT2D eigenvalue weighted by molar-refractivity contribution is 0.0690. The van der Waals surface area contributed by atoms with Crippen LogP contribution in [0.15, 0.2) is 36.4 Å². The van der Waals surface area contributed by atoms with Crippen molar-refractivity contribution in [3.63, 3.8) is 0 Å². The Morgan fingerprint density at radius 2 is 1.92 bits per heavy atom. The van der Waals surface area contributed by atoms with E-state index in [9.17, 15) is 4.79 Å². The Hall–Kier alpha value is -2.43. The van der Waals surface area contributed by atoms with E-state index in [0.717, 1.165) is 38.0 Å². The Kier molecular flexibility index (Phi) is 5.08. The molecule has 3 rings (SSSR count). The van der Waals surface area contributed by atoms with E-state index in [2.05, 4.69) is 35.4 Å². The summed E-state index contributed by atoms with van der Waals surface area (Å²) in [6.07, 6.45) is 3.07. The number of carbonyl (C=O) groups is 1. The number of hydrogen-bond donors (Lipinski definition) is 1. The van der Waals surface area contributed by atoms with E-state index >= 15 is 0 Å². The highest BCUT2D eigenvalue weighted by Gasteiger charge is 2.22. The van der Waals surface area contributed by atoms with E-state index in [1.54, 1.807) is 6.07 Å². The predicted molar refractivity (Wildman–Crippen MR) is 95.4 cm³/mol. The van der Waals surface area contributed by atoms with Gasteiger partial charge in [0.1, 0.15) is 0 Å². The van der Waals surface area contributed by atoms with Gasteiger partial charge in [-0.05, 0) is 48.9 Å². The van der Waals surface area contributed by atoms with Crippen LogP contribution in [0.2, 0.25) is 0 Å². The van der Waals surface area contributed by atoms with Crippen molar-refractivity contribution in [1.82, 2.24) is 15.1 Å². The average molecular weight is 324 g/mol. The van der Waals surface area contributed by atoms with Crippen molar-refractivity contribution < 1.29 is 4.79 Å². The second-order valence-electron chi connectivity index (χ2n) is 6.41. The van der Waals surface area contributed by atoms with Gasteiger partial charge in [-0.25, -0.2) is 0 Å². The molecule has 0 atom stereocenters. The Labute approximate surface area is 143 Å². The number of aryl methyl sites for hydroxylation is 1. The normalized spacial score (nSPS) is 15.3. The standard InChI is InChI=1S/C19H24N4O/c1-3-15-6-4-5-7-16(15)20-18-9-8-17(21-22-18)19(24)23-12-10-14(2)11-13-23/h4-9,14H,3,10-13H2,1-2H3,(H,20,22). The van der Waals surface area contributed by atoms with Crippen LogP contribution in [0, 0.1) is 5.92 Å². The lowest BCUT2D eigenvalue weighted by Gasteiger charge is -2.29. The van der Waals surface area contributed by atoms with Crippen molar-refractivity contribution in [1.29, 1.82) is 0 Å². The molecule has 126 valence electrons. The number of nitrogens with zero attached hydrogens (tertiary/aromatic N) is 3. The highest BCUT2D eigenvalue weighted by atomic mass is 16.2. The van der Waals surface area contributed by atoms with Crippen molar-refractivity contribution in [2.75, 3.05) is 18.4 Å². The van der Waals surface area contributed by atoms with Crippen LogP contribution in [0.5, 0.6) is 0 Å². The van der Waals surface area contributed by atoms with Crippen LogP contribution in [0.3, 0.4) is 0 Å². The molecular formula is C19H24N4O. The first-order valence-corrected chi connectivity index (χ1v) is 8.65. The first kappa shape index (κ1) is 16.4. The third-order valence-corrected chi connectivity index (χ3v) is 4.62. The van der Waals surface area contributed by atoms with Gasteiger partial charge < -0.3 is 10.2 Å². The molecule has 0 saturated carbocycles. The second kappa shape index (κ2) is 7.43. The van der Waals surface area contributed by atoms with Crippen molar-refractivity contribution in [3.05, 3.63) is 47.7 Å². The van der Waals surface area contributed by atoms with Crippen molar-refractivity contribution >= 4 is 17.4 Å². The third kappa shape index (κ3) is 3.72. The van der Waals surface area contributed by atoms with Crippen LogP contribution < -0.4 is 5.32 Å². The molecule has 1 aromatic heterocycles. The Morgan fingerprint density at radius 3 is 2.58 bits per heavy atom. The molecule has 1 aliphatic rings. The van der Waals surface area contributed by atoms with Crippen molar-refractivity contribution in [2.45, 2.75) is 33.1 Å².